The molecule has 2 aliphatic rings. The van der Waals surface area contributed by atoms with Crippen LogP contribution in [0, 0.1) is 0 Å². The number of para-hydroxylation sites is 1. The van der Waals surface area contributed by atoms with Crippen molar-refractivity contribution in [3.05, 3.63) is 76.6 Å². The Bertz CT molecular complexity index is 1310. The summed E-state index contributed by atoms with van der Waals surface area (Å²) in [6, 6.07) is 16.1. The molecule has 0 bridgehead atoms. The van der Waals surface area contributed by atoms with Crippen molar-refractivity contribution in [2.45, 2.75) is 23.3 Å². The van der Waals surface area contributed by atoms with Crippen LogP contribution in [-0.2, 0) is 4.79 Å². The van der Waals surface area contributed by atoms with Gasteiger partial charge in [-0.3, -0.25) is 10.2 Å². The number of carbonyl (C=O) groups is 1. The van der Waals surface area contributed by atoms with E-state index in [1.165, 1.54) is 5.69 Å². The number of thioether (sulfide) groups is 1. The molecule has 0 aliphatic carbocycles. The van der Waals surface area contributed by atoms with Crippen LogP contribution in [0.4, 0.5) is 0 Å². The highest BCUT2D eigenvalue weighted by atomic mass is 35.5. The van der Waals surface area contributed by atoms with Gasteiger partial charge in [0, 0.05) is 34.3 Å². The van der Waals surface area contributed by atoms with Crippen LogP contribution < -0.4 is 20.4 Å². The lowest BCUT2D eigenvalue weighted by Crippen LogP contribution is -2.42. The van der Waals surface area contributed by atoms with Crippen LogP contribution in [0.2, 0.25) is 5.02 Å². The normalized spacial score (nSPS) is 18.8. The number of rotatable bonds is 8. The average molecular weight is 528 g/mol. The number of methoxy groups -OCH3 is 2. The average Bonchev–Trinajstić information content (AvgIpc) is 3.51. The molecule has 2 atom stereocenters. The van der Waals surface area contributed by atoms with Crippen molar-refractivity contribution in [2.75, 3.05) is 20.8 Å². The summed E-state index contributed by atoms with van der Waals surface area (Å²) < 4.78 is 13.6. The Hall–Kier alpha value is -3.34. The maximum atomic E-state index is 11.0. The van der Waals surface area contributed by atoms with Crippen LogP contribution in [0.1, 0.15) is 40.2 Å². The van der Waals surface area contributed by atoms with E-state index < -0.39 is 5.97 Å². The predicted molar refractivity (Wildman–Crippen MR) is 140 cm³/mol. The molecule has 3 heterocycles. The number of nitrogens with zero attached hydrogens (tertiary/aromatic N) is 3. The molecule has 0 radical (unpaired) electrons. The minimum absolute atomic E-state index is 0.0769. The summed E-state index contributed by atoms with van der Waals surface area (Å²) in [5, 5.41) is 15.5. The lowest BCUT2D eigenvalue weighted by atomic mass is 10.0. The first-order valence-corrected chi connectivity index (χ1v) is 12.7. The molecule has 0 amide bonds. The Labute approximate surface area is 218 Å². The lowest BCUT2D eigenvalue weighted by Gasteiger charge is -2.25. The highest BCUT2D eigenvalue weighted by Gasteiger charge is 2.33. The predicted octanol–water partition coefficient (Wildman–Crippen LogP) is 4.53. The molecule has 0 spiro atoms. The van der Waals surface area contributed by atoms with Gasteiger partial charge < -0.3 is 19.1 Å². The van der Waals surface area contributed by atoms with Gasteiger partial charge in [0.05, 0.1) is 25.2 Å². The molecule has 3 N–H and O–H groups in total. The zero-order valence-corrected chi connectivity index (χ0v) is 21.3. The lowest BCUT2D eigenvalue weighted by molar-refractivity contribution is -0.135. The number of aromatic nitrogens is 1. The van der Waals surface area contributed by atoms with E-state index in [4.69, 9.17) is 26.2 Å². The SMILES string of the molecule is COc1cccc([C@H]2S[C@H](CCN3NN=C(CC(=O)O)N3)c3cccn3-c3ccc(Cl)cc32)c1OC. The van der Waals surface area contributed by atoms with Crippen molar-refractivity contribution in [2.24, 2.45) is 5.10 Å². The molecular weight excluding hydrogens is 502 g/mol. The maximum absolute atomic E-state index is 11.0. The first kappa shape index (κ1) is 24.4. The number of hydrazone groups is 1. The number of hydrazine groups is 2. The van der Waals surface area contributed by atoms with Gasteiger partial charge in [0.1, 0.15) is 6.42 Å². The third-order valence-corrected chi connectivity index (χ3v) is 7.98. The van der Waals surface area contributed by atoms with E-state index in [1.54, 1.807) is 19.3 Å². The zero-order chi connectivity index (χ0) is 25.2. The Balaban J connectivity index is 1.50. The maximum Gasteiger partial charge on any atom is 0.311 e. The van der Waals surface area contributed by atoms with Crippen LogP contribution in [0.15, 0.2) is 59.8 Å². The number of benzene rings is 2. The number of nitrogens with one attached hydrogen (secondary N) is 2. The van der Waals surface area contributed by atoms with Crippen molar-refractivity contribution in [1.82, 2.24) is 20.6 Å². The van der Waals surface area contributed by atoms with Crippen molar-refractivity contribution in [3.63, 3.8) is 0 Å². The summed E-state index contributed by atoms with van der Waals surface area (Å²) in [4.78, 5) is 11.0. The van der Waals surface area contributed by atoms with E-state index in [9.17, 15) is 4.79 Å². The van der Waals surface area contributed by atoms with Crippen LogP contribution in [0.3, 0.4) is 0 Å². The van der Waals surface area contributed by atoms with Crippen LogP contribution in [-0.4, -0.2) is 47.4 Å². The zero-order valence-electron chi connectivity index (χ0n) is 19.8. The number of carboxylic acid groups (broad SMARTS) is 1. The molecule has 1 aromatic heterocycles. The monoisotopic (exact) mass is 527 g/mol. The topological polar surface area (TPSA) is 100 Å². The van der Waals surface area contributed by atoms with E-state index in [-0.39, 0.29) is 16.9 Å². The van der Waals surface area contributed by atoms with Gasteiger partial charge in [0.2, 0.25) is 0 Å². The van der Waals surface area contributed by atoms with Crippen molar-refractivity contribution in [1.29, 1.82) is 0 Å². The minimum Gasteiger partial charge on any atom is -0.493 e. The number of fused-ring (bicyclic) bond motifs is 3. The molecule has 188 valence electrons. The number of amidine groups is 1. The van der Waals surface area contributed by atoms with Gasteiger partial charge in [-0.15, -0.1) is 22.0 Å². The fraction of sp³-hybridized carbons (Fsp3) is 0.280. The first-order valence-electron chi connectivity index (χ1n) is 11.4. The number of hydrogen-bond acceptors (Lipinski definition) is 8. The number of halogens is 1. The largest absolute Gasteiger partial charge is 0.493 e. The van der Waals surface area contributed by atoms with Gasteiger partial charge in [0.15, 0.2) is 17.3 Å². The fourth-order valence-electron chi connectivity index (χ4n) is 4.61. The third kappa shape index (κ3) is 4.71. The second-order valence-electron chi connectivity index (χ2n) is 8.37. The number of aliphatic carboxylic acids is 1. The number of hydrogen-bond donors (Lipinski definition) is 3. The molecule has 0 saturated heterocycles. The summed E-state index contributed by atoms with van der Waals surface area (Å²) in [5.74, 6) is 0.811. The Kier molecular flexibility index (Phi) is 6.99. The second-order valence-corrected chi connectivity index (χ2v) is 10.1. The fourth-order valence-corrected chi connectivity index (χ4v) is 6.36. The molecule has 11 heteroatoms. The number of ether oxygens (including phenoxy) is 2. The summed E-state index contributed by atoms with van der Waals surface area (Å²) >= 11 is 8.32. The molecule has 2 aromatic carbocycles. The van der Waals surface area contributed by atoms with Crippen LogP contribution in [0.25, 0.3) is 5.69 Å². The molecule has 5 rings (SSSR count). The van der Waals surface area contributed by atoms with Gasteiger partial charge in [-0.1, -0.05) is 23.7 Å². The first-order chi connectivity index (χ1) is 17.5. The van der Waals surface area contributed by atoms with E-state index in [0.717, 1.165) is 23.2 Å². The molecule has 3 aromatic rings. The quantitative estimate of drug-likeness (QED) is 0.393. The van der Waals surface area contributed by atoms with Crippen molar-refractivity contribution in [3.8, 4) is 17.2 Å². The van der Waals surface area contributed by atoms with Gasteiger partial charge >= 0.3 is 5.97 Å². The third-order valence-electron chi connectivity index (χ3n) is 6.16. The van der Waals surface area contributed by atoms with E-state index in [1.807, 2.05) is 42.1 Å². The summed E-state index contributed by atoms with van der Waals surface area (Å²) in [7, 11) is 3.29. The Morgan fingerprint density at radius 3 is 2.81 bits per heavy atom. The highest BCUT2D eigenvalue weighted by molar-refractivity contribution is 8.00. The molecule has 2 aliphatic heterocycles. The summed E-state index contributed by atoms with van der Waals surface area (Å²) in [5.41, 5.74) is 10.2. The van der Waals surface area contributed by atoms with Crippen LogP contribution >= 0.6 is 23.4 Å². The Morgan fingerprint density at radius 1 is 1.17 bits per heavy atom. The van der Waals surface area contributed by atoms with Crippen molar-refractivity contribution < 1.29 is 19.4 Å². The molecular formula is C25H26ClN5O4S. The highest BCUT2D eigenvalue weighted by Crippen LogP contribution is 2.54. The molecule has 36 heavy (non-hydrogen) atoms. The molecule has 0 fully saturated rings. The van der Waals surface area contributed by atoms with Gasteiger partial charge in [-0.2, -0.15) is 0 Å². The van der Waals surface area contributed by atoms with Gasteiger partial charge in [0.25, 0.3) is 0 Å². The standard InChI is InChI=1S/C25H26ClN5O4S/c1-34-20-7-3-5-16(24(20)35-2)25-17-13-15(26)8-9-18(17)30-11-4-6-19(30)21(36-25)10-12-31-28-22(27-29-31)14-23(32)33/h3-9,11,13,21,25,29H,10,12,14H2,1-2H3,(H,27,28)(H,32,33)/t21-,25-/m1/s1. The van der Waals surface area contributed by atoms with E-state index >= 15 is 0 Å². The second kappa shape index (κ2) is 10.3. The van der Waals surface area contributed by atoms with E-state index in [0.29, 0.717) is 28.9 Å². The molecule has 0 unspecified atom stereocenters. The molecule has 0 saturated carbocycles. The number of carboxylic acids is 1. The van der Waals surface area contributed by atoms with Gasteiger partial charge in [-0.25, -0.2) is 5.53 Å². The van der Waals surface area contributed by atoms with E-state index in [2.05, 4.69) is 45.0 Å². The Morgan fingerprint density at radius 2 is 2.03 bits per heavy atom. The van der Waals surface area contributed by atoms with Crippen LogP contribution in [0.5, 0.6) is 11.5 Å². The van der Waals surface area contributed by atoms with Crippen molar-refractivity contribution >= 4 is 35.2 Å². The molecule has 9 nitrogen and oxygen atoms in total. The smallest absolute Gasteiger partial charge is 0.311 e. The minimum atomic E-state index is -0.937. The summed E-state index contributed by atoms with van der Waals surface area (Å²) in [6.45, 7) is 0.592. The van der Waals surface area contributed by atoms with Gasteiger partial charge in [-0.05, 0) is 48.4 Å². The summed E-state index contributed by atoms with van der Waals surface area (Å²) in [6.07, 6.45) is 2.66.